The second kappa shape index (κ2) is 9.89. The molecule has 1 atom stereocenters. The molecular weight excluding hydrogens is 468 g/mol. The molecule has 35 heavy (non-hydrogen) atoms. The topological polar surface area (TPSA) is 102 Å². The summed E-state index contributed by atoms with van der Waals surface area (Å²) in [6.45, 7) is 1.51. The van der Waals surface area contributed by atoms with Gasteiger partial charge in [0.05, 0.1) is 19.1 Å². The van der Waals surface area contributed by atoms with E-state index in [1.165, 1.54) is 43.6 Å². The zero-order chi connectivity index (χ0) is 25.2. The zero-order valence-corrected chi connectivity index (χ0v) is 20.5. The summed E-state index contributed by atoms with van der Waals surface area (Å²) in [5.41, 5.74) is 2.75. The lowest BCUT2D eigenvalue weighted by molar-refractivity contribution is -0.120. The Balaban J connectivity index is 1.70. The molecule has 1 heterocycles. The van der Waals surface area contributed by atoms with E-state index in [9.17, 15) is 18.0 Å². The number of rotatable bonds is 7. The highest BCUT2D eigenvalue weighted by molar-refractivity contribution is 7.89. The summed E-state index contributed by atoms with van der Waals surface area (Å²) < 4.78 is 39.3. The van der Waals surface area contributed by atoms with Crippen LogP contribution in [0.4, 0.5) is 5.69 Å². The van der Waals surface area contributed by atoms with E-state index in [-0.39, 0.29) is 29.4 Å². The highest BCUT2D eigenvalue weighted by Gasteiger charge is 2.40. The number of nitrogens with one attached hydrogen (secondary N) is 1. The van der Waals surface area contributed by atoms with Gasteiger partial charge in [0.2, 0.25) is 15.9 Å². The van der Waals surface area contributed by atoms with Gasteiger partial charge in [-0.3, -0.25) is 9.59 Å². The number of carbonyl (C=O) groups is 2. The van der Waals surface area contributed by atoms with E-state index in [0.29, 0.717) is 17.0 Å². The smallest absolute Gasteiger partial charge is 0.244 e. The normalized spacial score (nSPS) is 15.7. The fourth-order valence-corrected chi connectivity index (χ4v) is 5.68. The van der Waals surface area contributed by atoms with Crippen molar-refractivity contribution in [2.75, 3.05) is 19.5 Å². The summed E-state index contributed by atoms with van der Waals surface area (Å²) in [6, 6.07) is 17.3. The number of ether oxygens (including phenoxy) is 2. The summed E-state index contributed by atoms with van der Waals surface area (Å²) in [5, 5.41) is 2.80. The number of anilines is 1. The van der Waals surface area contributed by atoms with E-state index in [1.807, 2.05) is 24.3 Å². The van der Waals surface area contributed by atoms with Gasteiger partial charge in [0, 0.05) is 23.9 Å². The Morgan fingerprint density at radius 2 is 1.57 bits per heavy atom. The lowest BCUT2D eigenvalue weighted by Gasteiger charge is -2.35. The van der Waals surface area contributed by atoms with Crippen LogP contribution < -0.4 is 14.8 Å². The first-order valence-corrected chi connectivity index (χ1v) is 12.4. The van der Waals surface area contributed by atoms with Gasteiger partial charge in [0.1, 0.15) is 6.04 Å². The summed E-state index contributed by atoms with van der Waals surface area (Å²) in [4.78, 5) is 24.9. The predicted molar refractivity (Wildman–Crippen MR) is 131 cm³/mol. The fourth-order valence-electron chi connectivity index (χ4n) is 4.10. The Morgan fingerprint density at radius 1 is 0.914 bits per heavy atom. The van der Waals surface area contributed by atoms with Crippen molar-refractivity contribution in [2.45, 2.75) is 30.8 Å². The summed E-state index contributed by atoms with van der Waals surface area (Å²) >= 11 is 0. The highest BCUT2D eigenvalue weighted by atomic mass is 32.2. The maximum Gasteiger partial charge on any atom is 0.244 e. The van der Waals surface area contributed by atoms with Crippen LogP contribution in [0.25, 0.3) is 0 Å². The maximum absolute atomic E-state index is 13.8. The Bertz CT molecular complexity index is 1370. The van der Waals surface area contributed by atoms with E-state index in [1.54, 1.807) is 24.3 Å². The van der Waals surface area contributed by atoms with Crippen LogP contribution in [0.5, 0.6) is 11.5 Å². The molecule has 3 aromatic carbocycles. The average molecular weight is 495 g/mol. The molecule has 0 fully saturated rings. The highest BCUT2D eigenvalue weighted by Crippen LogP contribution is 2.34. The Morgan fingerprint density at radius 3 is 2.20 bits per heavy atom. The predicted octanol–water partition coefficient (Wildman–Crippen LogP) is 3.66. The summed E-state index contributed by atoms with van der Waals surface area (Å²) in [6.07, 6.45) is 0.222. The summed E-state index contributed by atoms with van der Waals surface area (Å²) in [7, 11) is -1.18. The van der Waals surface area contributed by atoms with Crippen LogP contribution in [0, 0.1) is 0 Å². The molecule has 9 heteroatoms. The minimum Gasteiger partial charge on any atom is -0.493 e. The van der Waals surface area contributed by atoms with Gasteiger partial charge in [-0.15, -0.1) is 0 Å². The standard InChI is InChI=1S/C26H26N2O6S/c1-17(29)18-8-10-21(11-9-18)27-26(30)23-14-19-6-4-5-7-20(19)16-28(23)35(31,32)22-12-13-24(33-2)25(15-22)34-3/h4-13,15,23H,14,16H2,1-3H3,(H,27,30)/t23-/m1/s1. The number of benzene rings is 3. The van der Waals surface area contributed by atoms with Gasteiger partial charge in [-0.2, -0.15) is 4.31 Å². The van der Waals surface area contributed by atoms with Crippen molar-refractivity contribution < 1.29 is 27.5 Å². The maximum atomic E-state index is 13.8. The van der Waals surface area contributed by atoms with Gasteiger partial charge < -0.3 is 14.8 Å². The number of carbonyl (C=O) groups excluding carboxylic acids is 2. The van der Waals surface area contributed by atoms with Crippen LogP contribution in [-0.2, 0) is 27.8 Å². The number of hydrogen-bond acceptors (Lipinski definition) is 6. The van der Waals surface area contributed by atoms with Crippen molar-refractivity contribution in [3.63, 3.8) is 0 Å². The molecule has 1 aliphatic heterocycles. The molecule has 3 aromatic rings. The van der Waals surface area contributed by atoms with Gasteiger partial charge in [0.15, 0.2) is 17.3 Å². The molecule has 1 aliphatic rings. The molecule has 8 nitrogen and oxygen atoms in total. The van der Waals surface area contributed by atoms with Gasteiger partial charge in [-0.25, -0.2) is 8.42 Å². The van der Waals surface area contributed by atoms with Crippen molar-refractivity contribution in [3.05, 3.63) is 83.4 Å². The fraction of sp³-hybridized carbons (Fsp3) is 0.231. The molecule has 1 N–H and O–H groups in total. The second-order valence-electron chi connectivity index (χ2n) is 8.18. The number of methoxy groups -OCH3 is 2. The number of sulfonamides is 1. The van der Waals surface area contributed by atoms with Crippen molar-refractivity contribution in [3.8, 4) is 11.5 Å². The van der Waals surface area contributed by atoms with E-state index in [2.05, 4.69) is 5.32 Å². The first-order chi connectivity index (χ1) is 16.7. The number of ketones is 1. The first kappa shape index (κ1) is 24.4. The van der Waals surface area contributed by atoms with Crippen LogP contribution in [0.3, 0.4) is 0 Å². The van der Waals surface area contributed by atoms with E-state index < -0.39 is 22.0 Å². The Kier molecular flexibility index (Phi) is 6.90. The molecule has 0 aliphatic carbocycles. The third kappa shape index (κ3) is 4.91. The van der Waals surface area contributed by atoms with Crippen LogP contribution in [0.1, 0.15) is 28.4 Å². The third-order valence-electron chi connectivity index (χ3n) is 6.03. The van der Waals surface area contributed by atoms with Crippen molar-refractivity contribution >= 4 is 27.4 Å². The molecule has 0 saturated carbocycles. The van der Waals surface area contributed by atoms with Gasteiger partial charge in [-0.05, 0) is 60.9 Å². The quantitative estimate of drug-likeness (QED) is 0.503. The van der Waals surface area contributed by atoms with E-state index in [4.69, 9.17) is 9.47 Å². The third-order valence-corrected chi connectivity index (χ3v) is 7.88. The molecule has 182 valence electrons. The first-order valence-electron chi connectivity index (χ1n) is 11.0. The molecule has 1 amide bonds. The Labute approximate surface area is 204 Å². The zero-order valence-electron chi connectivity index (χ0n) is 19.6. The molecule has 0 radical (unpaired) electrons. The van der Waals surface area contributed by atoms with Crippen LogP contribution in [-0.4, -0.2) is 44.7 Å². The van der Waals surface area contributed by atoms with Gasteiger partial charge in [-0.1, -0.05) is 24.3 Å². The van der Waals surface area contributed by atoms with Crippen molar-refractivity contribution in [1.82, 2.24) is 4.31 Å². The van der Waals surface area contributed by atoms with Crippen LogP contribution in [0.2, 0.25) is 0 Å². The second-order valence-corrected chi connectivity index (χ2v) is 10.1. The van der Waals surface area contributed by atoms with Crippen LogP contribution >= 0.6 is 0 Å². The number of Topliss-reactive ketones (excluding diaryl/α,β-unsaturated/α-hetero) is 1. The summed E-state index contributed by atoms with van der Waals surface area (Å²) in [5.74, 6) is 0.134. The lowest BCUT2D eigenvalue weighted by Crippen LogP contribution is -2.50. The van der Waals surface area contributed by atoms with Gasteiger partial charge >= 0.3 is 0 Å². The Hall–Kier alpha value is -3.69. The molecule has 0 bridgehead atoms. The molecule has 0 unspecified atom stereocenters. The number of hydrogen-bond donors (Lipinski definition) is 1. The molecule has 4 rings (SSSR count). The monoisotopic (exact) mass is 494 g/mol. The molecule has 0 spiro atoms. The average Bonchev–Trinajstić information content (AvgIpc) is 2.87. The van der Waals surface area contributed by atoms with Gasteiger partial charge in [0.25, 0.3) is 0 Å². The van der Waals surface area contributed by atoms with Crippen molar-refractivity contribution in [2.24, 2.45) is 0 Å². The van der Waals surface area contributed by atoms with E-state index in [0.717, 1.165) is 11.1 Å². The van der Waals surface area contributed by atoms with E-state index >= 15 is 0 Å². The van der Waals surface area contributed by atoms with Crippen molar-refractivity contribution in [1.29, 1.82) is 0 Å². The lowest BCUT2D eigenvalue weighted by atomic mass is 9.95. The largest absolute Gasteiger partial charge is 0.493 e. The molecule has 0 aromatic heterocycles. The van der Waals surface area contributed by atoms with Crippen LogP contribution in [0.15, 0.2) is 71.6 Å². The molecule has 0 saturated heterocycles. The number of fused-ring (bicyclic) bond motifs is 1. The minimum atomic E-state index is -4.07. The minimum absolute atomic E-state index is 0.00172. The SMILES string of the molecule is COc1ccc(S(=O)(=O)N2Cc3ccccc3C[C@@H]2C(=O)Nc2ccc(C(C)=O)cc2)cc1OC. The molecular formula is C26H26N2O6S. The number of amides is 1. The number of nitrogens with zero attached hydrogens (tertiary/aromatic N) is 1.